The van der Waals surface area contributed by atoms with E-state index in [1.807, 2.05) is 0 Å². The lowest BCUT2D eigenvalue weighted by atomic mass is 10.3. The number of pyridine rings is 1. The predicted octanol–water partition coefficient (Wildman–Crippen LogP) is 2.45. The normalized spacial score (nSPS) is 11.4. The summed E-state index contributed by atoms with van der Waals surface area (Å²) in [4.78, 5) is 16.2. The zero-order valence-corrected chi connectivity index (χ0v) is 15.3. The fourth-order valence-corrected chi connectivity index (χ4v) is 4.33. The number of rotatable bonds is 7. The van der Waals surface area contributed by atoms with E-state index in [0.29, 0.717) is 16.3 Å². The highest BCUT2D eigenvalue weighted by molar-refractivity contribution is 7.91. The summed E-state index contributed by atoms with van der Waals surface area (Å²) in [6.45, 7) is 2.00. The van der Waals surface area contributed by atoms with Gasteiger partial charge in [0.15, 0.2) is 11.5 Å². The Morgan fingerprint density at radius 1 is 1.31 bits per heavy atom. The van der Waals surface area contributed by atoms with Crippen LogP contribution in [0.2, 0.25) is 0 Å². The number of thiophene rings is 1. The molecule has 0 bridgehead atoms. The lowest BCUT2D eigenvalue weighted by molar-refractivity contribution is 0.0514. The molecule has 10 heteroatoms. The van der Waals surface area contributed by atoms with Gasteiger partial charge in [-0.15, -0.1) is 11.3 Å². The summed E-state index contributed by atoms with van der Waals surface area (Å²) in [5.41, 5.74) is 0.648. The van der Waals surface area contributed by atoms with Gasteiger partial charge in [-0.3, -0.25) is 4.98 Å². The molecule has 0 aliphatic heterocycles. The van der Waals surface area contributed by atoms with Gasteiger partial charge in [-0.2, -0.15) is 0 Å². The standard InChI is InChI=1S/C16H15N3O5S2/c1-2-23-16(20)12-9-13(24-19-12)14-6-7-15(25-14)26(21,22)18-10-11-5-3-4-8-17-11/h3-9,18H,2,10H2,1H3. The van der Waals surface area contributed by atoms with Crippen molar-refractivity contribution < 1.29 is 22.5 Å². The number of carbonyl (C=O) groups is 1. The minimum Gasteiger partial charge on any atom is -0.461 e. The molecule has 1 N–H and O–H groups in total. The van der Waals surface area contributed by atoms with E-state index in [1.54, 1.807) is 37.4 Å². The number of aromatic nitrogens is 2. The second-order valence-corrected chi connectivity index (χ2v) is 8.14. The molecule has 0 unspecified atom stereocenters. The van der Waals surface area contributed by atoms with Crippen molar-refractivity contribution in [2.75, 3.05) is 6.61 Å². The summed E-state index contributed by atoms with van der Waals surface area (Å²) in [7, 11) is -3.69. The molecular weight excluding hydrogens is 378 g/mol. The quantitative estimate of drug-likeness (QED) is 0.614. The van der Waals surface area contributed by atoms with Crippen molar-refractivity contribution in [2.24, 2.45) is 0 Å². The first-order valence-electron chi connectivity index (χ1n) is 7.63. The summed E-state index contributed by atoms with van der Waals surface area (Å²) >= 11 is 1.01. The van der Waals surface area contributed by atoms with E-state index in [-0.39, 0.29) is 23.1 Å². The van der Waals surface area contributed by atoms with Crippen molar-refractivity contribution in [3.63, 3.8) is 0 Å². The predicted molar refractivity (Wildman–Crippen MR) is 94.0 cm³/mol. The second kappa shape index (κ2) is 7.77. The third-order valence-corrected chi connectivity index (χ3v) is 6.25. The van der Waals surface area contributed by atoms with Crippen molar-refractivity contribution in [1.29, 1.82) is 0 Å². The number of carbonyl (C=O) groups excluding carboxylic acids is 1. The maximum Gasteiger partial charge on any atom is 0.360 e. The minimum absolute atomic E-state index is 0.0351. The van der Waals surface area contributed by atoms with Crippen LogP contribution in [0.25, 0.3) is 10.6 Å². The Bertz CT molecular complexity index is 996. The van der Waals surface area contributed by atoms with Crippen LogP contribution in [0, 0.1) is 0 Å². The first-order valence-corrected chi connectivity index (χ1v) is 9.93. The number of hydrogen-bond donors (Lipinski definition) is 1. The van der Waals surface area contributed by atoms with Crippen LogP contribution >= 0.6 is 11.3 Å². The molecule has 8 nitrogen and oxygen atoms in total. The van der Waals surface area contributed by atoms with Gasteiger partial charge in [0, 0.05) is 12.3 Å². The first-order chi connectivity index (χ1) is 12.5. The Morgan fingerprint density at radius 3 is 2.88 bits per heavy atom. The van der Waals surface area contributed by atoms with Crippen LogP contribution in [0.3, 0.4) is 0 Å². The maximum absolute atomic E-state index is 12.4. The van der Waals surface area contributed by atoms with Gasteiger partial charge in [-0.1, -0.05) is 11.2 Å². The molecule has 0 saturated carbocycles. The van der Waals surface area contributed by atoms with Crippen LogP contribution in [0.5, 0.6) is 0 Å². The zero-order chi connectivity index (χ0) is 18.6. The number of hydrogen-bond acceptors (Lipinski definition) is 8. The largest absolute Gasteiger partial charge is 0.461 e. The van der Waals surface area contributed by atoms with Crippen LogP contribution in [-0.4, -0.2) is 31.1 Å². The molecule has 0 amide bonds. The van der Waals surface area contributed by atoms with Crippen LogP contribution in [-0.2, 0) is 21.3 Å². The average molecular weight is 393 g/mol. The van der Waals surface area contributed by atoms with Crippen molar-refractivity contribution in [3.05, 3.63) is 54.0 Å². The second-order valence-electron chi connectivity index (χ2n) is 5.06. The molecule has 3 aromatic heterocycles. The summed E-state index contributed by atoms with van der Waals surface area (Å²) in [5, 5.41) is 3.64. The number of sulfonamides is 1. The molecule has 0 atom stereocenters. The first kappa shape index (κ1) is 18.2. The van der Waals surface area contributed by atoms with Crippen molar-refractivity contribution >= 4 is 27.3 Å². The van der Waals surface area contributed by atoms with Crippen molar-refractivity contribution in [1.82, 2.24) is 14.9 Å². The Morgan fingerprint density at radius 2 is 2.15 bits per heavy atom. The number of ether oxygens (including phenoxy) is 1. The molecule has 3 heterocycles. The van der Waals surface area contributed by atoms with Gasteiger partial charge >= 0.3 is 5.97 Å². The Balaban J connectivity index is 1.73. The van der Waals surface area contributed by atoms with Gasteiger partial charge in [0.25, 0.3) is 0 Å². The number of nitrogens with one attached hydrogen (secondary N) is 1. The SMILES string of the molecule is CCOC(=O)c1cc(-c2ccc(S(=O)(=O)NCc3ccccn3)s2)on1. The molecule has 0 saturated heterocycles. The van der Waals surface area contributed by atoms with E-state index >= 15 is 0 Å². The molecule has 136 valence electrons. The molecule has 3 aromatic rings. The highest BCUT2D eigenvalue weighted by atomic mass is 32.2. The Labute approximate surface area is 153 Å². The molecule has 0 aliphatic rings. The van der Waals surface area contributed by atoms with E-state index in [1.165, 1.54) is 12.1 Å². The molecule has 3 rings (SSSR count). The molecule has 0 aromatic carbocycles. The van der Waals surface area contributed by atoms with Gasteiger partial charge in [-0.25, -0.2) is 17.9 Å². The molecule has 0 spiro atoms. The van der Waals surface area contributed by atoms with Crippen LogP contribution in [0.1, 0.15) is 23.1 Å². The van der Waals surface area contributed by atoms with Gasteiger partial charge in [0.2, 0.25) is 10.0 Å². The highest BCUT2D eigenvalue weighted by Crippen LogP contribution is 2.31. The van der Waals surface area contributed by atoms with E-state index in [0.717, 1.165) is 11.3 Å². The van der Waals surface area contributed by atoms with E-state index in [2.05, 4.69) is 14.9 Å². The lowest BCUT2D eigenvalue weighted by Gasteiger charge is -2.03. The van der Waals surface area contributed by atoms with E-state index < -0.39 is 16.0 Å². The highest BCUT2D eigenvalue weighted by Gasteiger charge is 2.20. The average Bonchev–Trinajstić information content (AvgIpc) is 3.31. The molecule has 0 aliphatic carbocycles. The summed E-state index contributed by atoms with van der Waals surface area (Å²) in [5.74, 6) is -0.298. The Kier molecular flexibility index (Phi) is 5.45. The Hall–Kier alpha value is -2.56. The molecule has 0 fully saturated rings. The van der Waals surface area contributed by atoms with Gasteiger partial charge in [0.1, 0.15) is 4.21 Å². The summed E-state index contributed by atoms with van der Waals surface area (Å²) < 4.78 is 37.4. The summed E-state index contributed by atoms with van der Waals surface area (Å²) in [6.07, 6.45) is 1.60. The zero-order valence-electron chi connectivity index (χ0n) is 13.7. The number of esters is 1. The van der Waals surface area contributed by atoms with Crippen LogP contribution in [0.4, 0.5) is 0 Å². The topological polar surface area (TPSA) is 111 Å². The third-order valence-electron chi connectivity index (χ3n) is 3.25. The van der Waals surface area contributed by atoms with Gasteiger partial charge < -0.3 is 9.26 Å². The molecule has 0 radical (unpaired) electrons. The monoisotopic (exact) mass is 393 g/mol. The van der Waals surface area contributed by atoms with Crippen molar-refractivity contribution in [3.8, 4) is 10.6 Å². The smallest absolute Gasteiger partial charge is 0.360 e. The van der Waals surface area contributed by atoms with Crippen LogP contribution in [0.15, 0.2) is 51.3 Å². The fraction of sp³-hybridized carbons (Fsp3) is 0.188. The van der Waals surface area contributed by atoms with Gasteiger partial charge in [0.05, 0.1) is 23.7 Å². The maximum atomic E-state index is 12.4. The molecular formula is C16H15N3O5S2. The number of nitrogens with zero attached hydrogens (tertiary/aromatic N) is 2. The van der Waals surface area contributed by atoms with Gasteiger partial charge in [-0.05, 0) is 31.2 Å². The molecule has 26 heavy (non-hydrogen) atoms. The van der Waals surface area contributed by atoms with Crippen LogP contribution < -0.4 is 4.72 Å². The van der Waals surface area contributed by atoms with E-state index in [9.17, 15) is 13.2 Å². The summed E-state index contributed by atoms with van der Waals surface area (Å²) in [6, 6.07) is 9.74. The van der Waals surface area contributed by atoms with E-state index in [4.69, 9.17) is 9.26 Å². The van der Waals surface area contributed by atoms with Crippen molar-refractivity contribution in [2.45, 2.75) is 17.7 Å². The fourth-order valence-electron chi connectivity index (χ4n) is 2.03. The third kappa shape index (κ3) is 4.15. The minimum atomic E-state index is -3.69. The lowest BCUT2D eigenvalue weighted by Crippen LogP contribution is -2.22.